The molecule has 0 saturated carbocycles. The third-order valence-corrected chi connectivity index (χ3v) is 4.00. The monoisotopic (exact) mass is 340 g/mol. The SMILES string of the molecule is Cc1ncc(Nc2nccc3cc(OCC4(F)COC4)ccc23)cn1. The van der Waals surface area contributed by atoms with Crippen LogP contribution in [0.25, 0.3) is 10.8 Å². The van der Waals surface area contributed by atoms with Crippen molar-refractivity contribution >= 4 is 22.3 Å². The quantitative estimate of drug-likeness (QED) is 0.769. The minimum Gasteiger partial charge on any atom is -0.490 e. The van der Waals surface area contributed by atoms with Gasteiger partial charge in [-0.1, -0.05) is 0 Å². The molecule has 7 heteroatoms. The lowest BCUT2D eigenvalue weighted by Crippen LogP contribution is -2.50. The first-order chi connectivity index (χ1) is 12.1. The Morgan fingerprint density at radius 2 is 2.00 bits per heavy atom. The number of pyridine rings is 1. The zero-order chi connectivity index (χ0) is 17.3. The van der Waals surface area contributed by atoms with Gasteiger partial charge in [-0.05, 0) is 36.6 Å². The van der Waals surface area contributed by atoms with E-state index in [1.807, 2.05) is 31.2 Å². The summed E-state index contributed by atoms with van der Waals surface area (Å²) in [6.45, 7) is 2.02. The van der Waals surface area contributed by atoms with E-state index in [0.717, 1.165) is 16.5 Å². The molecule has 1 N–H and O–H groups in total. The number of ether oxygens (including phenoxy) is 2. The largest absolute Gasteiger partial charge is 0.490 e. The van der Waals surface area contributed by atoms with Crippen LogP contribution in [0.5, 0.6) is 5.75 Å². The fourth-order valence-electron chi connectivity index (χ4n) is 2.56. The molecule has 0 atom stereocenters. The molecule has 2 aromatic heterocycles. The summed E-state index contributed by atoms with van der Waals surface area (Å²) in [6, 6.07) is 7.47. The number of anilines is 2. The number of nitrogens with zero attached hydrogens (tertiary/aromatic N) is 3. The molecule has 0 unspecified atom stereocenters. The second-order valence-corrected chi connectivity index (χ2v) is 6.12. The van der Waals surface area contributed by atoms with Gasteiger partial charge < -0.3 is 14.8 Å². The van der Waals surface area contributed by atoms with E-state index in [4.69, 9.17) is 9.47 Å². The summed E-state index contributed by atoms with van der Waals surface area (Å²) in [5, 5.41) is 5.09. The number of hydrogen-bond acceptors (Lipinski definition) is 6. The van der Waals surface area contributed by atoms with Gasteiger partial charge in [-0.2, -0.15) is 0 Å². The third kappa shape index (κ3) is 3.36. The standard InChI is InChI=1S/C18H17FN4O2/c1-12-21-7-14(8-22-12)23-17-16-3-2-15(6-13(16)4-5-20-17)25-11-18(19)9-24-10-18/h2-8H,9-11H2,1H3,(H,20,23). The van der Waals surface area contributed by atoms with E-state index < -0.39 is 5.67 Å². The Morgan fingerprint density at radius 1 is 1.20 bits per heavy atom. The molecular weight excluding hydrogens is 323 g/mol. The van der Waals surface area contributed by atoms with E-state index in [1.165, 1.54) is 0 Å². The highest BCUT2D eigenvalue weighted by Gasteiger charge is 2.39. The number of aromatic nitrogens is 3. The van der Waals surface area contributed by atoms with E-state index in [2.05, 4.69) is 20.3 Å². The molecule has 1 fully saturated rings. The number of rotatable bonds is 5. The second-order valence-electron chi connectivity index (χ2n) is 6.12. The predicted molar refractivity (Wildman–Crippen MR) is 91.9 cm³/mol. The molecule has 1 aromatic carbocycles. The van der Waals surface area contributed by atoms with Gasteiger partial charge in [0, 0.05) is 11.6 Å². The van der Waals surface area contributed by atoms with E-state index in [1.54, 1.807) is 18.6 Å². The van der Waals surface area contributed by atoms with Crippen molar-refractivity contribution in [3.05, 3.63) is 48.7 Å². The maximum atomic E-state index is 14.0. The van der Waals surface area contributed by atoms with Gasteiger partial charge in [-0.3, -0.25) is 0 Å². The van der Waals surface area contributed by atoms with Crippen molar-refractivity contribution < 1.29 is 13.9 Å². The number of nitrogens with one attached hydrogen (secondary N) is 1. The second kappa shape index (κ2) is 6.25. The molecule has 0 bridgehead atoms. The summed E-state index contributed by atoms with van der Waals surface area (Å²) in [5.41, 5.74) is -0.610. The molecule has 128 valence electrons. The molecule has 6 nitrogen and oxygen atoms in total. The van der Waals surface area contributed by atoms with Crippen molar-refractivity contribution in [1.82, 2.24) is 15.0 Å². The van der Waals surface area contributed by atoms with Crippen LogP contribution in [-0.4, -0.2) is 40.4 Å². The Bertz CT molecular complexity index is 897. The molecule has 0 radical (unpaired) electrons. The van der Waals surface area contributed by atoms with Gasteiger partial charge in [-0.25, -0.2) is 19.3 Å². The van der Waals surface area contributed by atoms with Crippen molar-refractivity contribution in [2.24, 2.45) is 0 Å². The Kier molecular flexibility index (Phi) is 3.93. The molecule has 25 heavy (non-hydrogen) atoms. The summed E-state index contributed by atoms with van der Waals surface area (Å²) in [7, 11) is 0. The van der Waals surface area contributed by atoms with Crippen molar-refractivity contribution in [2.45, 2.75) is 12.6 Å². The van der Waals surface area contributed by atoms with Crippen molar-refractivity contribution in [3.63, 3.8) is 0 Å². The molecule has 0 aliphatic carbocycles. The van der Waals surface area contributed by atoms with Gasteiger partial charge in [0.2, 0.25) is 0 Å². The van der Waals surface area contributed by atoms with Crippen molar-refractivity contribution in [2.75, 3.05) is 25.1 Å². The smallest absolute Gasteiger partial charge is 0.190 e. The highest BCUT2D eigenvalue weighted by Crippen LogP contribution is 2.29. The van der Waals surface area contributed by atoms with E-state index in [9.17, 15) is 4.39 Å². The lowest BCUT2D eigenvalue weighted by Gasteiger charge is -2.33. The lowest BCUT2D eigenvalue weighted by atomic mass is 10.1. The minimum atomic E-state index is -1.37. The lowest BCUT2D eigenvalue weighted by molar-refractivity contribution is -0.146. The van der Waals surface area contributed by atoms with Crippen LogP contribution >= 0.6 is 0 Å². The normalized spacial score (nSPS) is 15.6. The summed E-state index contributed by atoms with van der Waals surface area (Å²) < 4.78 is 24.4. The van der Waals surface area contributed by atoms with Crippen LogP contribution in [-0.2, 0) is 4.74 Å². The number of fused-ring (bicyclic) bond motifs is 1. The average molecular weight is 340 g/mol. The maximum Gasteiger partial charge on any atom is 0.190 e. The first-order valence-corrected chi connectivity index (χ1v) is 7.95. The van der Waals surface area contributed by atoms with Gasteiger partial charge >= 0.3 is 0 Å². The molecule has 1 saturated heterocycles. The number of halogens is 1. The number of aryl methyl sites for hydroxylation is 1. The van der Waals surface area contributed by atoms with E-state index in [-0.39, 0.29) is 19.8 Å². The van der Waals surface area contributed by atoms with Crippen LogP contribution in [0.15, 0.2) is 42.9 Å². The molecule has 0 amide bonds. The van der Waals surface area contributed by atoms with Crippen LogP contribution in [0.4, 0.5) is 15.9 Å². The summed E-state index contributed by atoms with van der Waals surface area (Å²) in [6.07, 6.45) is 5.13. The fourth-order valence-corrected chi connectivity index (χ4v) is 2.56. The van der Waals surface area contributed by atoms with E-state index in [0.29, 0.717) is 17.4 Å². The highest BCUT2D eigenvalue weighted by atomic mass is 19.1. The van der Waals surface area contributed by atoms with Gasteiger partial charge in [0.15, 0.2) is 5.67 Å². The number of benzene rings is 1. The van der Waals surface area contributed by atoms with Gasteiger partial charge in [0.25, 0.3) is 0 Å². The Balaban J connectivity index is 1.55. The maximum absolute atomic E-state index is 14.0. The molecular formula is C18H17FN4O2. The summed E-state index contributed by atoms with van der Waals surface area (Å²) in [5.74, 6) is 2.03. The predicted octanol–water partition coefficient (Wildman–Crippen LogP) is 3.19. The Hall–Kier alpha value is -2.80. The zero-order valence-electron chi connectivity index (χ0n) is 13.7. The number of hydrogen-bond donors (Lipinski definition) is 1. The van der Waals surface area contributed by atoms with E-state index >= 15 is 0 Å². The molecule has 1 aliphatic heterocycles. The van der Waals surface area contributed by atoms with Gasteiger partial charge in [0.05, 0.1) is 31.3 Å². The van der Waals surface area contributed by atoms with Crippen molar-refractivity contribution in [1.29, 1.82) is 0 Å². The topological polar surface area (TPSA) is 69.2 Å². The van der Waals surface area contributed by atoms with Gasteiger partial charge in [-0.15, -0.1) is 0 Å². The first-order valence-electron chi connectivity index (χ1n) is 7.95. The average Bonchev–Trinajstić information content (AvgIpc) is 2.60. The molecule has 1 aliphatic rings. The highest BCUT2D eigenvalue weighted by molar-refractivity contribution is 5.93. The van der Waals surface area contributed by atoms with Crippen molar-refractivity contribution in [3.8, 4) is 5.75 Å². The van der Waals surface area contributed by atoms with Crippen LogP contribution in [0.2, 0.25) is 0 Å². The van der Waals surface area contributed by atoms with Crippen LogP contribution < -0.4 is 10.1 Å². The van der Waals surface area contributed by atoms with Crippen LogP contribution in [0.3, 0.4) is 0 Å². The Morgan fingerprint density at radius 3 is 2.72 bits per heavy atom. The fraction of sp³-hybridized carbons (Fsp3) is 0.278. The first kappa shape index (κ1) is 15.7. The summed E-state index contributed by atoms with van der Waals surface area (Å²) >= 11 is 0. The number of alkyl halides is 1. The Labute approximate surface area is 144 Å². The van der Waals surface area contributed by atoms with Crippen LogP contribution in [0.1, 0.15) is 5.82 Å². The molecule has 3 heterocycles. The van der Waals surface area contributed by atoms with Gasteiger partial charge in [0.1, 0.15) is 24.0 Å². The summed E-state index contributed by atoms with van der Waals surface area (Å²) in [4.78, 5) is 12.7. The minimum absolute atomic E-state index is 0.00456. The van der Waals surface area contributed by atoms with Crippen LogP contribution in [0, 0.1) is 6.92 Å². The molecule has 4 rings (SSSR count). The third-order valence-electron chi connectivity index (χ3n) is 4.00. The molecule has 3 aromatic rings. The molecule has 0 spiro atoms. The zero-order valence-corrected chi connectivity index (χ0v) is 13.7.